The van der Waals surface area contributed by atoms with Crippen LogP contribution in [-0.2, 0) is 19.1 Å². The Balaban J connectivity index is 1.68. The van der Waals surface area contributed by atoms with Crippen molar-refractivity contribution < 1.29 is 33.8 Å². The number of halogens is 1. The number of rotatable bonds is 9. The van der Waals surface area contributed by atoms with Gasteiger partial charge in [-0.05, 0) is 30.3 Å². The van der Waals surface area contributed by atoms with Gasteiger partial charge in [0.15, 0.2) is 0 Å². The van der Waals surface area contributed by atoms with E-state index in [1.165, 1.54) is 17.0 Å². The first-order chi connectivity index (χ1) is 16.2. The van der Waals surface area contributed by atoms with Crippen LogP contribution in [0.3, 0.4) is 0 Å². The van der Waals surface area contributed by atoms with Gasteiger partial charge in [0.2, 0.25) is 5.91 Å². The quantitative estimate of drug-likeness (QED) is 0.398. The molecule has 4 amide bonds. The molecule has 11 nitrogen and oxygen atoms in total. The van der Waals surface area contributed by atoms with E-state index >= 15 is 0 Å². The Morgan fingerprint density at radius 1 is 1.12 bits per heavy atom. The van der Waals surface area contributed by atoms with E-state index < -0.39 is 24.3 Å². The van der Waals surface area contributed by atoms with Gasteiger partial charge in [-0.3, -0.25) is 24.0 Å². The molecule has 3 rings (SSSR count). The van der Waals surface area contributed by atoms with Gasteiger partial charge >= 0.3 is 5.97 Å². The first kappa shape index (κ1) is 25.1. The molecule has 0 radical (unpaired) electrons. The van der Waals surface area contributed by atoms with Crippen molar-refractivity contribution in [2.45, 2.75) is 6.42 Å². The van der Waals surface area contributed by atoms with E-state index in [-0.39, 0.29) is 49.2 Å². The van der Waals surface area contributed by atoms with E-state index in [0.717, 1.165) is 11.3 Å². The largest absolute Gasteiger partial charge is 0.480 e. The Labute approximate surface area is 203 Å². The lowest BCUT2D eigenvalue weighted by atomic mass is 10.1. The molecule has 0 atom stereocenters. The highest BCUT2D eigenvalue weighted by Gasteiger charge is 2.23. The summed E-state index contributed by atoms with van der Waals surface area (Å²) in [6.07, 6.45) is -0.0786. The van der Waals surface area contributed by atoms with Crippen LogP contribution in [0.1, 0.15) is 26.5 Å². The molecule has 1 fully saturated rings. The molecule has 180 valence electrons. The predicted octanol–water partition coefficient (Wildman–Crippen LogP) is 1.34. The van der Waals surface area contributed by atoms with E-state index in [1.54, 1.807) is 18.2 Å². The number of aliphatic carboxylic acids is 1. The molecule has 1 aliphatic rings. The fraction of sp³-hybridized carbons (Fsp3) is 0.286. The zero-order valence-electron chi connectivity index (χ0n) is 17.8. The number of hydrogen-bond acceptors (Lipinski definition) is 7. The lowest BCUT2D eigenvalue weighted by Crippen LogP contribution is -2.41. The van der Waals surface area contributed by atoms with Crippen molar-refractivity contribution in [2.75, 3.05) is 43.1 Å². The standard InChI is InChI=1S/C21H21ClN4O7S/c22-16-4-3-15(34-16)21(32)23-6-5-17(27)25-14-2-1-12(26-7-8-33-11-18(26)28)9-13(14)20(31)24-10-19(29)30/h1-4,9H,5-8,10-11H2,(H,23,32)(H,24,31)(H,25,27)(H,29,30). The first-order valence-corrected chi connectivity index (χ1v) is 11.3. The third-order valence-electron chi connectivity index (χ3n) is 4.65. The second-order valence-electron chi connectivity index (χ2n) is 7.06. The normalized spacial score (nSPS) is 13.3. The molecule has 0 unspecified atom stereocenters. The summed E-state index contributed by atoms with van der Waals surface area (Å²) in [4.78, 5) is 61.9. The summed E-state index contributed by atoms with van der Waals surface area (Å²) >= 11 is 6.92. The molecule has 2 heterocycles. The number of hydrogen-bond donors (Lipinski definition) is 4. The van der Waals surface area contributed by atoms with Crippen molar-refractivity contribution in [3.63, 3.8) is 0 Å². The molecule has 4 N–H and O–H groups in total. The van der Waals surface area contributed by atoms with Crippen LogP contribution in [0, 0.1) is 0 Å². The zero-order chi connectivity index (χ0) is 24.7. The van der Waals surface area contributed by atoms with Crippen molar-refractivity contribution in [3.05, 3.63) is 45.1 Å². The number of carbonyl (C=O) groups is 5. The molecular formula is C21H21ClN4O7S. The second kappa shape index (κ2) is 11.6. The average Bonchev–Trinajstić information content (AvgIpc) is 3.24. The summed E-state index contributed by atoms with van der Waals surface area (Å²) in [7, 11) is 0. The highest BCUT2D eigenvalue weighted by molar-refractivity contribution is 7.18. The molecule has 1 aromatic carbocycles. The Hall–Kier alpha value is -3.48. The predicted molar refractivity (Wildman–Crippen MR) is 124 cm³/mol. The molecule has 2 aromatic rings. The van der Waals surface area contributed by atoms with Crippen LogP contribution in [-0.4, -0.2) is 67.6 Å². The number of carboxylic acid groups (broad SMARTS) is 1. The van der Waals surface area contributed by atoms with Gasteiger partial charge in [0.25, 0.3) is 17.7 Å². The molecule has 1 aromatic heterocycles. The van der Waals surface area contributed by atoms with Crippen LogP contribution in [0.25, 0.3) is 0 Å². The monoisotopic (exact) mass is 508 g/mol. The number of thiophene rings is 1. The number of nitrogens with one attached hydrogen (secondary N) is 3. The van der Waals surface area contributed by atoms with Crippen LogP contribution >= 0.6 is 22.9 Å². The molecule has 0 spiro atoms. The number of anilines is 2. The fourth-order valence-electron chi connectivity index (χ4n) is 3.06. The van der Waals surface area contributed by atoms with Crippen LogP contribution in [0.4, 0.5) is 11.4 Å². The third-order valence-corrected chi connectivity index (χ3v) is 5.88. The van der Waals surface area contributed by atoms with Crippen LogP contribution in [0.2, 0.25) is 4.34 Å². The smallest absolute Gasteiger partial charge is 0.322 e. The summed E-state index contributed by atoms with van der Waals surface area (Å²) < 4.78 is 5.58. The Kier molecular flexibility index (Phi) is 8.57. The topological polar surface area (TPSA) is 154 Å². The van der Waals surface area contributed by atoms with Crippen molar-refractivity contribution in [3.8, 4) is 0 Å². The highest BCUT2D eigenvalue weighted by atomic mass is 35.5. The van der Waals surface area contributed by atoms with E-state index in [9.17, 15) is 24.0 Å². The number of carbonyl (C=O) groups excluding carboxylic acids is 4. The van der Waals surface area contributed by atoms with Gasteiger partial charge in [-0.1, -0.05) is 11.6 Å². The van der Waals surface area contributed by atoms with Gasteiger partial charge in [-0.25, -0.2) is 0 Å². The number of morpholine rings is 1. The number of ether oxygens (including phenoxy) is 1. The Morgan fingerprint density at radius 2 is 1.91 bits per heavy atom. The number of carboxylic acids is 1. The highest BCUT2D eigenvalue weighted by Crippen LogP contribution is 2.25. The second-order valence-corrected chi connectivity index (χ2v) is 8.78. The maximum Gasteiger partial charge on any atom is 0.322 e. The summed E-state index contributed by atoms with van der Waals surface area (Å²) in [6.45, 7) is -0.0563. The SMILES string of the molecule is O=C(O)CNC(=O)c1cc(N2CCOCC2=O)ccc1NC(=O)CCNC(=O)c1ccc(Cl)s1. The molecule has 1 saturated heterocycles. The van der Waals surface area contributed by atoms with Crippen LogP contribution < -0.4 is 20.9 Å². The zero-order valence-corrected chi connectivity index (χ0v) is 19.3. The van der Waals surface area contributed by atoms with E-state index in [2.05, 4.69) is 16.0 Å². The van der Waals surface area contributed by atoms with Crippen LogP contribution in [0.5, 0.6) is 0 Å². The fourth-order valence-corrected chi connectivity index (χ4v) is 4.02. The molecule has 13 heteroatoms. The minimum atomic E-state index is -1.23. The number of benzene rings is 1. The molecule has 0 aliphatic carbocycles. The summed E-state index contributed by atoms with van der Waals surface area (Å²) in [5.74, 6) is -3.10. The van der Waals surface area contributed by atoms with Crippen molar-refractivity contribution in [2.24, 2.45) is 0 Å². The maximum absolute atomic E-state index is 12.6. The molecule has 0 saturated carbocycles. The van der Waals surface area contributed by atoms with Crippen molar-refractivity contribution in [1.29, 1.82) is 0 Å². The summed E-state index contributed by atoms with van der Waals surface area (Å²) in [5.41, 5.74) is 0.533. The van der Waals surface area contributed by atoms with E-state index in [1.807, 2.05) is 0 Å². The number of amides is 4. The molecule has 0 bridgehead atoms. The molecule has 1 aliphatic heterocycles. The third kappa shape index (κ3) is 6.76. The minimum Gasteiger partial charge on any atom is -0.480 e. The summed E-state index contributed by atoms with van der Waals surface area (Å²) in [6, 6.07) is 7.59. The van der Waals surface area contributed by atoms with Crippen molar-refractivity contribution >= 4 is 63.9 Å². The van der Waals surface area contributed by atoms with Gasteiger partial charge < -0.3 is 30.7 Å². The lowest BCUT2D eigenvalue weighted by molar-refractivity contribution is -0.135. The summed E-state index contributed by atoms with van der Waals surface area (Å²) in [5, 5.41) is 16.3. The average molecular weight is 509 g/mol. The van der Waals surface area contributed by atoms with Gasteiger partial charge in [0.1, 0.15) is 13.2 Å². The molecule has 34 heavy (non-hydrogen) atoms. The van der Waals surface area contributed by atoms with Gasteiger partial charge in [0, 0.05) is 25.2 Å². The number of nitrogens with zero attached hydrogens (tertiary/aromatic N) is 1. The van der Waals surface area contributed by atoms with E-state index in [0.29, 0.717) is 21.5 Å². The lowest BCUT2D eigenvalue weighted by Gasteiger charge is -2.27. The van der Waals surface area contributed by atoms with Gasteiger partial charge in [-0.15, -0.1) is 11.3 Å². The minimum absolute atomic E-state index is 0.0105. The van der Waals surface area contributed by atoms with Gasteiger partial charge in [-0.2, -0.15) is 0 Å². The maximum atomic E-state index is 12.6. The Bertz CT molecular complexity index is 1120. The Morgan fingerprint density at radius 3 is 2.59 bits per heavy atom. The molecular weight excluding hydrogens is 488 g/mol. The van der Waals surface area contributed by atoms with Crippen LogP contribution in [0.15, 0.2) is 30.3 Å². The van der Waals surface area contributed by atoms with E-state index in [4.69, 9.17) is 21.4 Å². The van der Waals surface area contributed by atoms with Gasteiger partial charge in [0.05, 0.1) is 27.1 Å². The van der Waals surface area contributed by atoms with Crippen molar-refractivity contribution in [1.82, 2.24) is 10.6 Å². The first-order valence-electron chi connectivity index (χ1n) is 10.1.